The van der Waals surface area contributed by atoms with Crippen molar-refractivity contribution < 1.29 is 9.53 Å². The van der Waals surface area contributed by atoms with Crippen molar-refractivity contribution in [1.29, 1.82) is 0 Å². The van der Waals surface area contributed by atoms with Crippen molar-refractivity contribution in [2.45, 2.75) is 13.3 Å². The number of alkyl halides is 1. The fourth-order valence-electron chi connectivity index (χ4n) is 3.45. The summed E-state index contributed by atoms with van der Waals surface area (Å²) < 4.78 is 7.64. The molecule has 5 rings (SSSR count). The number of fused-ring (bicyclic) bond motifs is 2. The van der Waals surface area contributed by atoms with E-state index in [2.05, 4.69) is 30.5 Å². The number of anilines is 2. The lowest BCUT2D eigenvalue weighted by molar-refractivity contribution is -0.116. The van der Waals surface area contributed by atoms with Gasteiger partial charge in [-0.2, -0.15) is 0 Å². The molecular weight excluding hydrogens is 442 g/mol. The second-order valence-corrected chi connectivity index (χ2v) is 7.72. The van der Waals surface area contributed by atoms with E-state index in [1.54, 1.807) is 23.1 Å². The average Bonchev–Trinajstić information content (AvgIpc) is 3.29. The van der Waals surface area contributed by atoms with Crippen LogP contribution in [0, 0.1) is 6.92 Å². The maximum Gasteiger partial charge on any atom is 0.224 e. The van der Waals surface area contributed by atoms with Gasteiger partial charge in [0, 0.05) is 23.6 Å². The normalized spacial score (nSPS) is 11.1. The number of nitrogens with zero attached hydrogens (tertiary/aromatic N) is 6. The van der Waals surface area contributed by atoms with Gasteiger partial charge in [-0.3, -0.25) is 9.20 Å². The first-order valence-electron chi connectivity index (χ1n) is 10.1. The maximum atomic E-state index is 11.7. The molecule has 0 aliphatic rings. The van der Waals surface area contributed by atoms with E-state index in [9.17, 15) is 4.79 Å². The number of hydrogen-bond acceptors (Lipinski definition) is 8. The van der Waals surface area contributed by atoms with Gasteiger partial charge in [-0.1, -0.05) is 6.07 Å². The predicted molar refractivity (Wildman–Crippen MR) is 124 cm³/mol. The molecule has 10 heteroatoms. The molecule has 3 aromatic heterocycles. The quantitative estimate of drug-likeness (QED) is 0.360. The summed E-state index contributed by atoms with van der Waals surface area (Å²) in [6, 6.07) is 13.1. The summed E-state index contributed by atoms with van der Waals surface area (Å²) in [6.07, 6.45) is 4.96. The molecule has 0 amide bonds. The standard InChI is InChI=1S/C23H18ClN7O2/c1-14-6-16(3-5-20(14)33-22-9-21-30-28-13-31(21)12-27-22)29-23-18-8-15(7-17(32)10-24)2-4-19(18)25-11-26-23/h2-6,8-9,11-13H,7,10H2,1H3,(H,25,26,29). The number of halogens is 1. The molecule has 0 saturated heterocycles. The fourth-order valence-corrected chi connectivity index (χ4v) is 3.54. The summed E-state index contributed by atoms with van der Waals surface area (Å²) in [5.41, 5.74) is 4.04. The number of nitrogens with one attached hydrogen (secondary N) is 1. The van der Waals surface area contributed by atoms with Crippen molar-refractivity contribution in [3.05, 3.63) is 72.6 Å². The molecule has 0 aliphatic heterocycles. The fraction of sp³-hybridized carbons (Fsp3) is 0.130. The van der Waals surface area contributed by atoms with Gasteiger partial charge in [0.25, 0.3) is 0 Å². The number of Topliss-reactive ketones (excluding diaryl/α,β-unsaturated/α-hetero) is 1. The monoisotopic (exact) mass is 459 g/mol. The third-order valence-electron chi connectivity index (χ3n) is 5.07. The van der Waals surface area contributed by atoms with Crippen LogP contribution in [0.5, 0.6) is 11.6 Å². The van der Waals surface area contributed by atoms with Gasteiger partial charge in [-0.05, 0) is 48.4 Å². The molecule has 1 N–H and O–H groups in total. The van der Waals surface area contributed by atoms with Crippen LogP contribution in [0.4, 0.5) is 11.5 Å². The minimum absolute atomic E-state index is 0.00943. The van der Waals surface area contributed by atoms with Crippen molar-refractivity contribution in [2.24, 2.45) is 0 Å². The molecule has 5 aromatic rings. The Balaban J connectivity index is 1.39. The van der Waals surface area contributed by atoms with Crippen molar-refractivity contribution in [3.63, 3.8) is 0 Å². The van der Waals surface area contributed by atoms with Crippen molar-refractivity contribution >= 4 is 45.4 Å². The molecule has 2 aromatic carbocycles. The number of benzene rings is 2. The molecule has 164 valence electrons. The molecule has 33 heavy (non-hydrogen) atoms. The van der Waals surface area contributed by atoms with Crippen LogP contribution >= 0.6 is 11.6 Å². The van der Waals surface area contributed by atoms with Crippen LogP contribution in [0.25, 0.3) is 16.6 Å². The van der Waals surface area contributed by atoms with Gasteiger partial charge in [0.15, 0.2) is 11.4 Å². The lowest BCUT2D eigenvalue weighted by atomic mass is 10.1. The van der Waals surface area contributed by atoms with E-state index in [-0.39, 0.29) is 18.1 Å². The second kappa shape index (κ2) is 8.79. The van der Waals surface area contributed by atoms with Crippen LogP contribution in [0.1, 0.15) is 11.1 Å². The second-order valence-electron chi connectivity index (χ2n) is 7.45. The third-order valence-corrected chi connectivity index (χ3v) is 5.36. The zero-order chi connectivity index (χ0) is 22.8. The molecule has 0 atom stereocenters. The van der Waals surface area contributed by atoms with Crippen LogP contribution in [0.15, 0.2) is 61.4 Å². The first kappa shape index (κ1) is 20.8. The average molecular weight is 460 g/mol. The zero-order valence-electron chi connectivity index (χ0n) is 17.6. The summed E-state index contributed by atoms with van der Waals surface area (Å²) in [6.45, 7) is 1.95. The minimum Gasteiger partial charge on any atom is -0.439 e. The Kier molecular flexibility index (Phi) is 5.54. The van der Waals surface area contributed by atoms with E-state index in [4.69, 9.17) is 16.3 Å². The highest BCUT2D eigenvalue weighted by Crippen LogP contribution is 2.29. The number of aryl methyl sites for hydroxylation is 1. The molecule has 0 spiro atoms. The molecular formula is C23H18ClN7O2. The SMILES string of the molecule is Cc1cc(Nc2ncnc3ccc(CC(=O)CCl)cc23)ccc1Oc1cc2nncn2cn1. The number of rotatable bonds is 7. The highest BCUT2D eigenvalue weighted by atomic mass is 35.5. The number of ketones is 1. The van der Waals surface area contributed by atoms with Gasteiger partial charge in [0.2, 0.25) is 5.88 Å². The maximum absolute atomic E-state index is 11.7. The van der Waals surface area contributed by atoms with Crippen molar-refractivity contribution in [2.75, 3.05) is 11.2 Å². The number of ether oxygens (including phenoxy) is 1. The van der Waals surface area contributed by atoms with Gasteiger partial charge < -0.3 is 10.1 Å². The topological polar surface area (TPSA) is 107 Å². The first-order chi connectivity index (χ1) is 16.1. The number of aromatic nitrogens is 6. The third kappa shape index (κ3) is 4.44. The number of hydrogen-bond donors (Lipinski definition) is 1. The van der Waals surface area contributed by atoms with E-state index >= 15 is 0 Å². The van der Waals surface area contributed by atoms with E-state index in [1.165, 1.54) is 6.33 Å². The van der Waals surface area contributed by atoms with Crippen molar-refractivity contribution in [1.82, 2.24) is 29.5 Å². The summed E-state index contributed by atoms with van der Waals surface area (Å²) in [5, 5.41) is 12.0. The Hall–Kier alpha value is -4.11. The van der Waals surface area contributed by atoms with E-state index in [0.717, 1.165) is 27.7 Å². The molecule has 0 bridgehead atoms. The molecule has 0 aliphatic carbocycles. The summed E-state index contributed by atoms with van der Waals surface area (Å²) >= 11 is 5.65. The van der Waals surface area contributed by atoms with E-state index in [0.29, 0.717) is 23.1 Å². The smallest absolute Gasteiger partial charge is 0.224 e. The van der Waals surface area contributed by atoms with Crippen LogP contribution in [-0.2, 0) is 11.2 Å². The van der Waals surface area contributed by atoms with Crippen LogP contribution in [-0.4, -0.2) is 41.2 Å². The molecule has 9 nitrogen and oxygen atoms in total. The summed E-state index contributed by atoms with van der Waals surface area (Å²) in [5.74, 6) is 1.70. The van der Waals surface area contributed by atoms with Gasteiger partial charge >= 0.3 is 0 Å². The Labute approximate surface area is 193 Å². The largest absolute Gasteiger partial charge is 0.439 e. The number of carbonyl (C=O) groups excluding carboxylic acids is 1. The molecule has 3 heterocycles. The molecule has 0 radical (unpaired) electrons. The molecule has 0 unspecified atom stereocenters. The lowest BCUT2D eigenvalue weighted by Crippen LogP contribution is -2.04. The molecule has 0 saturated carbocycles. The Morgan fingerprint density at radius 2 is 2.00 bits per heavy atom. The molecule has 0 fully saturated rings. The Bertz CT molecular complexity index is 1480. The van der Waals surface area contributed by atoms with Crippen LogP contribution in [0.2, 0.25) is 0 Å². The Morgan fingerprint density at radius 3 is 2.85 bits per heavy atom. The summed E-state index contributed by atoms with van der Waals surface area (Å²) in [7, 11) is 0. The van der Waals surface area contributed by atoms with Crippen molar-refractivity contribution in [3.8, 4) is 11.6 Å². The van der Waals surface area contributed by atoms with Gasteiger partial charge in [0.05, 0.1) is 11.4 Å². The van der Waals surface area contributed by atoms with Crippen LogP contribution in [0.3, 0.4) is 0 Å². The van der Waals surface area contributed by atoms with E-state index in [1.807, 2.05) is 43.3 Å². The van der Waals surface area contributed by atoms with E-state index < -0.39 is 0 Å². The predicted octanol–water partition coefficient (Wildman–Crippen LogP) is 4.26. The first-order valence-corrected chi connectivity index (χ1v) is 10.6. The van der Waals surface area contributed by atoms with Gasteiger partial charge in [0.1, 0.15) is 30.5 Å². The van der Waals surface area contributed by atoms with Gasteiger partial charge in [-0.25, -0.2) is 15.0 Å². The highest BCUT2D eigenvalue weighted by molar-refractivity contribution is 6.27. The highest BCUT2D eigenvalue weighted by Gasteiger charge is 2.10. The minimum atomic E-state index is -0.0359. The lowest BCUT2D eigenvalue weighted by Gasteiger charge is -2.12. The number of carbonyl (C=O) groups is 1. The Morgan fingerprint density at radius 1 is 1.09 bits per heavy atom. The van der Waals surface area contributed by atoms with Crippen LogP contribution < -0.4 is 10.1 Å². The zero-order valence-corrected chi connectivity index (χ0v) is 18.3. The van der Waals surface area contributed by atoms with Gasteiger partial charge in [-0.15, -0.1) is 21.8 Å². The summed E-state index contributed by atoms with van der Waals surface area (Å²) in [4.78, 5) is 24.7.